The molecule has 0 atom stereocenters. The number of nitrogens with one attached hydrogen (secondary N) is 2. The normalized spacial score (nSPS) is 16.7. The third-order valence-corrected chi connectivity index (χ3v) is 4.09. The molecule has 0 bridgehead atoms. The fourth-order valence-corrected chi connectivity index (χ4v) is 2.64. The van der Waals surface area contributed by atoms with Crippen LogP contribution in [0.4, 0.5) is 5.69 Å². The van der Waals surface area contributed by atoms with Crippen LogP contribution < -0.4 is 10.6 Å². The average Bonchev–Trinajstić information content (AvgIpc) is 2.52. The van der Waals surface area contributed by atoms with E-state index in [0.29, 0.717) is 0 Å². The second-order valence-corrected chi connectivity index (χ2v) is 5.96. The number of benzene rings is 1. The van der Waals surface area contributed by atoms with E-state index in [1.165, 1.54) is 25.9 Å². The van der Waals surface area contributed by atoms with Crippen LogP contribution in [-0.2, 0) is 0 Å². The molecule has 0 aromatic heterocycles. The van der Waals surface area contributed by atoms with Crippen LogP contribution in [0.3, 0.4) is 0 Å². The standard InChI is InChI=1S/C17H27N3O/c1-3-9-18-17(21)15-5-4-6-16(12-15)19-13-14-7-10-20(2)11-8-14/h4-6,12,14,19H,3,7-11,13H2,1-2H3,(H,18,21). The van der Waals surface area contributed by atoms with Crippen LogP contribution in [0.1, 0.15) is 36.5 Å². The number of nitrogens with zero attached hydrogens (tertiary/aromatic N) is 1. The maximum Gasteiger partial charge on any atom is 0.251 e. The Labute approximate surface area is 127 Å². The zero-order valence-electron chi connectivity index (χ0n) is 13.2. The number of piperidine rings is 1. The molecule has 1 aliphatic heterocycles. The van der Waals surface area contributed by atoms with Crippen molar-refractivity contribution in [3.8, 4) is 0 Å². The Kier molecular flexibility index (Phi) is 6.05. The van der Waals surface area contributed by atoms with Crippen LogP contribution >= 0.6 is 0 Å². The monoisotopic (exact) mass is 289 g/mol. The molecule has 1 amide bonds. The van der Waals surface area contributed by atoms with E-state index < -0.39 is 0 Å². The first kappa shape index (κ1) is 15.8. The van der Waals surface area contributed by atoms with Gasteiger partial charge in [-0.1, -0.05) is 13.0 Å². The number of carbonyl (C=O) groups is 1. The van der Waals surface area contributed by atoms with E-state index in [2.05, 4.69) is 29.5 Å². The zero-order chi connectivity index (χ0) is 15.1. The summed E-state index contributed by atoms with van der Waals surface area (Å²) in [6.45, 7) is 6.15. The van der Waals surface area contributed by atoms with Gasteiger partial charge in [-0.3, -0.25) is 4.79 Å². The lowest BCUT2D eigenvalue weighted by atomic mass is 9.97. The molecule has 4 nitrogen and oxygen atoms in total. The summed E-state index contributed by atoms with van der Waals surface area (Å²) >= 11 is 0. The van der Waals surface area contributed by atoms with E-state index in [9.17, 15) is 4.79 Å². The van der Waals surface area contributed by atoms with Crippen LogP contribution in [0.2, 0.25) is 0 Å². The van der Waals surface area contributed by atoms with Crippen molar-refractivity contribution in [3.63, 3.8) is 0 Å². The van der Waals surface area contributed by atoms with E-state index in [0.717, 1.165) is 36.7 Å². The van der Waals surface area contributed by atoms with Crippen molar-refractivity contribution in [1.82, 2.24) is 10.2 Å². The minimum absolute atomic E-state index is 0.0137. The SMILES string of the molecule is CCCNC(=O)c1cccc(NCC2CCN(C)CC2)c1. The Balaban J connectivity index is 1.84. The summed E-state index contributed by atoms with van der Waals surface area (Å²) in [5, 5.41) is 6.40. The molecule has 0 aliphatic carbocycles. The fourth-order valence-electron chi connectivity index (χ4n) is 2.64. The van der Waals surface area contributed by atoms with Gasteiger partial charge in [0.15, 0.2) is 0 Å². The number of amides is 1. The third kappa shape index (κ3) is 5.05. The summed E-state index contributed by atoms with van der Waals surface area (Å²) in [6.07, 6.45) is 3.46. The number of anilines is 1. The van der Waals surface area contributed by atoms with Crippen LogP contribution in [0.25, 0.3) is 0 Å². The van der Waals surface area contributed by atoms with Gasteiger partial charge < -0.3 is 15.5 Å². The summed E-state index contributed by atoms with van der Waals surface area (Å²) in [4.78, 5) is 14.3. The number of carbonyl (C=O) groups excluding carboxylic acids is 1. The van der Waals surface area contributed by atoms with Gasteiger partial charge in [0.1, 0.15) is 0 Å². The maximum atomic E-state index is 12.0. The van der Waals surface area contributed by atoms with E-state index in [1.54, 1.807) is 0 Å². The van der Waals surface area contributed by atoms with Gasteiger partial charge in [-0.05, 0) is 63.5 Å². The highest BCUT2D eigenvalue weighted by atomic mass is 16.1. The molecular weight excluding hydrogens is 262 g/mol. The largest absolute Gasteiger partial charge is 0.385 e. The first-order valence-corrected chi connectivity index (χ1v) is 7.99. The van der Waals surface area contributed by atoms with Crippen LogP contribution in [0, 0.1) is 5.92 Å². The summed E-state index contributed by atoms with van der Waals surface area (Å²) < 4.78 is 0. The minimum Gasteiger partial charge on any atom is -0.385 e. The van der Waals surface area contributed by atoms with Gasteiger partial charge in [0.2, 0.25) is 0 Å². The van der Waals surface area contributed by atoms with Crippen molar-refractivity contribution in [2.45, 2.75) is 26.2 Å². The minimum atomic E-state index is 0.0137. The Hall–Kier alpha value is -1.55. The highest BCUT2D eigenvalue weighted by Gasteiger charge is 2.16. The second-order valence-electron chi connectivity index (χ2n) is 5.96. The number of hydrogen-bond acceptors (Lipinski definition) is 3. The van der Waals surface area contributed by atoms with Crippen LogP contribution in [0.15, 0.2) is 24.3 Å². The van der Waals surface area contributed by atoms with Crippen molar-refractivity contribution in [2.24, 2.45) is 5.92 Å². The molecule has 0 unspecified atom stereocenters. The van der Waals surface area contributed by atoms with Crippen molar-refractivity contribution < 1.29 is 4.79 Å². The lowest BCUT2D eigenvalue weighted by molar-refractivity contribution is 0.0953. The van der Waals surface area contributed by atoms with E-state index in [1.807, 2.05) is 24.3 Å². The molecule has 1 aromatic carbocycles. The molecule has 1 fully saturated rings. The number of likely N-dealkylation sites (tertiary alicyclic amines) is 1. The summed E-state index contributed by atoms with van der Waals surface area (Å²) in [7, 11) is 2.18. The molecule has 2 rings (SSSR count). The van der Waals surface area contributed by atoms with E-state index >= 15 is 0 Å². The molecule has 116 valence electrons. The van der Waals surface area contributed by atoms with Gasteiger partial charge in [-0.15, -0.1) is 0 Å². The molecule has 0 saturated carbocycles. The van der Waals surface area contributed by atoms with Crippen molar-refractivity contribution in [1.29, 1.82) is 0 Å². The maximum absolute atomic E-state index is 12.0. The highest BCUT2D eigenvalue weighted by Crippen LogP contribution is 2.18. The van der Waals surface area contributed by atoms with Crippen molar-refractivity contribution >= 4 is 11.6 Å². The molecule has 0 radical (unpaired) electrons. The summed E-state index contributed by atoms with van der Waals surface area (Å²) in [6, 6.07) is 7.79. The first-order valence-electron chi connectivity index (χ1n) is 7.99. The lowest BCUT2D eigenvalue weighted by Crippen LogP contribution is -2.33. The quantitative estimate of drug-likeness (QED) is 0.846. The molecule has 1 saturated heterocycles. The Morgan fingerprint density at radius 3 is 2.81 bits per heavy atom. The highest BCUT2D eigenvalue weighted by molar-refractivity contribution is 5.95. The Morgan fingerprint density at radius 1 is 1.33 bits per heavy atom. The fraction of sp³-hybridized carbons (Fsp3) is 0.588. The average molecular weight is 289 g/mol. The van der Waals surface area contributed by atoms with E-state index in [4.69, 9.17) is 0 Å². The number of hydrogen-bond donors (Lipinski definition) is 2. The predicted octanol–water partition coefficient (Wildman–Crippen LogP) is 2.58. The molecule has 1 aliphatic rings. The number of rotatable bonds is 6. The lowest BCUT2D eigenvalue weighted by Gasteiger charge is -2.29. The van der Waals surface area contributed by atoms with E-state index in [-0.39, 0.29) is 5.91 Å². The molecular formula is C17H27N3O. The van der Waals surface area contributed by atoms with Crippen molar-refractivity contribution in [3.05, 3.63) is 29.8 Å². The van der Waals surface area contributed by atoms with Crippen LogP contribution in [-0.4, -0.2) is 44.0 Å². The Morgan fingerprint density at radius 2 is 2.10 bits per heavy atom. The summed E-state index contributed by atoms with van der Waals surface area (Å²) in [5.74, 6) is 0.749. The molecule has 0 spiro atoms. The molecule has 2 N–H and O–H groups in total. The summed E-state index contributed by atoms with van der Waals surface area (Å²) in [5.41, 5.74) is 1.77. The smallest absolute Gasteiger partial charge is 0.251 e. The van der Waals surface area contributed by atoms with Gasteiger partial charge in [0.05, 0.1) is 0 Å². The van der Waals surface area contributed by atoms with Gasteiger partial charge in [-0.2, -0.15) is 0 Å². The van der Waals surface area contributed by atoms with Gasteiger partial charge in [-0.25, -0.2) is 0 Å². The second kappa shape index (κ2) is 8.03. The van der Waals surface area contributed by atoms with Gasteiger partial charge in [0.25, 0.3) is 5.91 Å². The molecule has 1 aromatic rings. The Bertz CT molecular complexity index is 453. The predicted molar refractivity (Wildman–Crippen MR) is 87.8 cm³/mol. The molecule has 4 heteroatoms. The van der Waals surface area contributed by atoms with Crippen molar-refractivity contribution in [2.75, 3.05) is 38.5 Å². The van der Waals surface area contributed by atoms with Gasteiger partial charge >= 0.3 is 0 Å². The molecule has 1 heterocycles. The third-order valence-electron chi connectivity index (χ3n) is 4.09. The topological polar surface area (TPSA) is 44.4 Å². The van der Waals surface area contributed by atoms with Crippen LogP contribution in [0.5, 0.6) is 0 Å². The molecule has 21 heavy (non-hydrogen) atoms. The zero-order valence-corrected chi connectivity index (χ0v) is 13.2. The van der Waals surface area contributed by atoms with Gasteiger partial charge in [0, 0.05) is 24.3 Å². The first-order chi connectivity index (χ1) is 10.2.